The highest BCUT2D eigenvalue weighted by atomic mass is 32.1. The molecule has 0 radical (unpaired) electrons. The summed E-state index contributed by atoms with van der Waals surface area (Å²) in [5, 5.41) is 16.0. The van der Waals surface area contributed by atoms with Gasteiger partial charge in [-0.15, -0.1) is 11.3 Å². The number of anilines is 1. The molecule has 3 aromatic rings. The van der Waals surface area contributed by atoms with E-state index in [0.717, 1.165) is 15.4 Å². The fourth-order valence-electron chi connectivity index (χ4n) is 2.50. The second kappa shape index (κ2) is 6.22. The van der Waals surface area contributed by atoms with Gasteiger partial charge in [0, 0.05) is 4.70 Å². The maximum Gasteiger partial charge on any atom is 0.432 e. The quantitative estimate of drug-likeness (QED) is 0.537. The number of benzene rings is 2. The van der Waals surface area contributed by atoms with Crippen LogP contribution < -0.4 is 5.01 Å². The van der Waals surface area contributed by atoms with Crippen molar-refractivity contribution in [2.75, 3.05) is 5.01 Å². The fourth-order valence-corrected chi connectivity index (χ4v) is 3.64. The van der Waals surface area contributed by atoms with E-state index in [9.17, 15) is 9.90 Å². The van der Waals surface area contributed by atoms with Crippen LogP contribution in [0.1, 0.15) is 17.4 Å². The van der Waals surface area contributed by atoms with Gasteiger partial charge >= 0.3 is 6.09 Å². The molecule has 0 saturated heterocycles. The molecule has 0 aliphatic carbocycles. The molecule has 0 aliphatic heterocycles. The number of hydrogen-bond donors (Lipinski definition) is 1. The lowest BCUT2D eigenvalue weighted by atomic mass is 10.1. The van der Waals surface area contributed by atoms with E-state index in [4.69, 9.17) is 0 Å². The Kier molecular flexibility index (Phi) is 4.12. The summed E-state index contributed by atoms with van der Waals surface area (Å²) >= 11 is 1.63. The smallest absolute Gasteiger partial charge is 0.432 e. The normalized spacial score (nSPS) is 11.7. The number of hydrogen-bond acceptors (Lipinski definition) is 3. The lowest BCUT2D eigenvalue weighted by Crippen LogP contribution is -2.24. The largest absolute Gasteiger partial charge is 0.463 e. The van der Waals surface area contributed by atoms with Crippen molar-refractivity contribution in [1.82, 2.24) is 0 Å². The van der Waals surface area contributed by atoms with E-state index in [0.29, 0.717) is 11.4 Å². The first-order valence-corrected chi connectivity index (χ1v) is 8.01. The minimum Gasteiger partial charge on any atom is -0.463 e. The van der Waals surface area contributed by atoms with Crippen molar-refractivity contribution < 1.29 is 9.90 Å². The molecule has 0 fully saturated rings. The zero-order valence-electron chi connectivity index (χ0n) is 12.9. The van der Waals surface area contributed by atoms with Crippen LogP contribution in [0.3, 0.4) is 0 Å². The maximum atomic E-state index is 11.5. The molecule has 0 aliphatic rings. The van der Waals surface area contributed by atoms with Crippen LogP contribution in [0.2, 0.25) is 0 Å². The Morgan fingerprint density at radius 2 is 1.74 bits per heavy atom. The Balaban J connectivity index is 2.05. The summed E-state index contributed by atoms with van der Waals surface area (Å²) in [7, 11) is 0. The van der Waals surface area contributed by atoms with Crippen molar-refractivity contribution in [3.05, 3.63) is 65.0 Å². The highest BCUT2D eigenvalue weighted by molar-refractivity contribution is 7.21. The second-order valence-electron chi connectivity index (χ2n) is 5.17. The third-order valence-corrected chi connectivity index (χ3v) is 4.99. The van der Waals surface area contributed by atoms with Gasteiger partial charge in [0.2, 0.25) is 0 Å². The Morgan fingerprint density at radius 3 is 2.39 bits per heavy atom. The minimum atomic E-state index is -1.10. The van der Waals surface area contributed by atoms with Crippen LogP contribution in [-0.4, -0.2) is 16.9 Å². The molecule has 1 amide bonds. The molecule has 0 saturated carbocycles. The third-order valence-electron chi connectivity index (χ3n) is 3.60. The first-order chi connectivity index (χ1) is 11.1. The summed E-state index contributed by atoms with van der Waals surface area (Å²) < 4.78 is 1.18. The summed E-state index contributed by atoms with van der Waals surface area (Å²) in [6, 6.07) is 17.0. The molecule has 3 rings (SSSR count). The van der Waals surface area contributed by atoms with E-state index in [1.807, 2.05) is 32.0 Å². The van der Waals surface area contributed by atoms with E-state index >= 15 is 0 Å². The molecule has 1 heterocycles. The molecule has 2 aromatic carbocycles. The number of nitrogens with zero attached hydrogens (tertiary/aromatic N) is 2. The van der Waals surface area contributed by atoms with Crippen molar-refractivity contribution in [3.8, 4) is 0 Å². The van der Waals surface area contributed by atoms with Gasteiger partial charge in [0.25, 0.3) is 0 Å². The molecule has 1 N–H and O–H groups in total. The van der Waals surface area contributed by atoms with Gasteiger partial charge in [-0.05, 0) is 43.0 Å². The van der Waals surface area contributed by atoms with Crippen LogP contribution in [0.4, 0.5) is 10.5 Å². The Bertz CT molecular complexity index is 884. The fraction of sp³-hybridized carbons (Fsp3) is 0.111. The molecule has 5 heteroatoms. The lowest BCUT2D eigenvalue weighted by Gasteiger charge is -2.14. The highest BCUT2D eigenvalue weighted by Crippen LogP contribution is 2.31. The number of hydrazone groups is 1. The molecule has 116 valence electrons. The predicted molar refractivity (Wildman–Crippen MR) is 95.7 cm³/mol. The average Bonchev–Trinajstić information content (AvgIpc) is 2.90. The van der Waals surface area contributed by atoms with Gasteiger partial charge in [-0.1, -0.05) is 36.4 Å². The molecular formula is C18H16N2O2S. The van der Waals surface area contributed by atoms with Gasteiger partial charge in [-0.2, -0.15) is 10.1 Å². The van der Waals surface area contributed by atoms with Crippen molar-refractivity contribution in [3.63, 3.8) is 0 Å². The van der Waals surface area contributed by atoms with Gasteiger partial charge in [0.15, 0.2) is 0 Å². The Hall–Kier alpha value is -2.66. The van der Waals surface area contributed by atoms with Crippen LogP contribution in [0.5, 0.6) is 0 Å². The van der Waals surface area contributed by atoms with E-state index in [-0.39, 0.29) is 0 Å². The predicted octanol–water partition coefficient (Wildman–Crippen LogP) is 5.12. The standard InChI is InChI=1S/C18H16N2O2S/c1-12-15-10-6-7-11-16(15)23-17(12)13(2)19-20(18(21)22)14-8-4-3-5-9-14/h3-11H,1-2H3,(H,21,22). The molecule has 23 heavy (non-hydrogen) atoms. The summed E-state index contributed by atoms with van der Waals surface area (Å²) in [5.74, 6) is 0. The van der Waals surface area contributed by atoms with Crippen LogP contribution in [0.15, 0.2) is 59.7 Å². The molecule has 4 nitrogen and oxygen atoms in total. The van der Waals surface area contributed by atoms with Crippen molar-refractivity contribution >= 4 is 38.9 Å². The maximum absolute atomic E-state index is 11.5. The van der Waals surface area contributed by atoms with E-state index in [1.54, 1.807) is 35.6 Å². The van der Waals surface area contributed by atoms with E-state index < -0.39 is 6.09 Å². The SMILES string of the molecule is CC(=NN(C(=O)O)c1ccccc1)c1sc2ccccc2c1C. The number of amides is 1. The first-order valence-electron chi connectivity index (χ1n) is 7.19. The molecule has 0 bridgehead atoms. The molecule has 0 unspecified atom stereocenters. The van der Waals surface area contributed by atoms with Crippen LogP contribution >= 0.6 is 11.3 Å². The van der Waals surface area contributed by atoms with Crippen molar-refractivity contribution in [2.24, 2.45) is 5.10 Å². The second-order valence-corrected chi connectivity index (χ2v) is 6.22. The summed E-state index contributed by atoms with van der Waals surface area (Å²) in [4.78, 5) is 12.6. The van der Waals surface area contributed by atoms with Gasteiger partial charge in [0.1, 0.15) is 0 Å². The third kappa shape index (κ3) is 2.96. The molecule has 1 aromatic heterocycles. The zero-order chi connectivity index (χ0) is 16.4. The topological polar surface area (TPSA) is 52.9 Å². The number of rotatable bonds is 3. The zero-order valence-corrected chi connectivity index (χ0v) is 13.7. The van der Waals surface area contributed by atoms with E-state index in [1.165, 1.54) is 10.1 Å². The number of carboxylic acid groups (broad SMARTS) is 1. The Labute approximate surface area is 138 Å². The molecule has 0 atom stereocenters. The van der Waals surface area contributed by atoms with Gasteiger partial charge in [-0.25, -0.2) is 4.79 Å². The summed E-state index contributed by atoms with van der Waals surface area (Å²) in [6.07, 6.45) is -1.10. The number of thiophene rings is 1. The van der Waals surface area contributed by atoms with Crippen molar-refractivity contribution in [1.29, 1.82) is 0 Å². The van der Waals surface area contributed by atoms with Crippen LogP contribution in [0, 0.1) is 6.92 Å². The van der Waals surface area contributed by atoms with E-state index in [2.05, 4.69) is 17.2 Å². The van der Waals surface area contributed by atoms with Gasteiger partial charge in [0.05, 0.1) is 16.3 Å². The monoisotopic (exact) mass is 324 g/mol. The van der Waals surface area contributed by atoms with Crippen LogP contribution in [-0.2, 0) is 0 Å². The van der Waals surface area contributed by atoms with Gasteiger partial charge < -0.3 is 5.11 Å². The Morgan fingerprint density at radius 1 is 1.09 bits per heavy atom. The molecule has 0 spiro atoms. The average molecular weight is 324 g/mol. The minimum absolute atomic E-state index is 0.526. The number of aryl methyl sites for hydroxylation is 1. The van der Waals surface area contributed by atoms with Gasteiger partial charge in [-0.3, -0.25) is 0 Å². The highest BCUT2D eigenvalue weighted by Gasteiger charge is 2.16. The lowest BCUT2D eigenvalue weighted by molar-refractivity contribution is 0.202. The van der Waals surface area contributed by atoms with Crippen LogP contribution in [0.25, 0.3) is 10.1 Å². The number of para-hydroxylation sites is 1. The molecular weight excluding hydrogens is 308 g/mol. The summed E-state index contributed by atoms with van der Waals surface area (Å²) in [6.45, 7) is 3.89. The number of carbonyl (C=O) groups is 1. The number of fused-ring (bicyclic) bond motifs is 1. The summed E-state index contributed by atoms with van der Waals surface area (Å²) in [5.41, 5.74) is 2.35. The van der Waals surface area contributed by atoms with Crippen molar-refractivity contribution in [2.45, 2.75) is 13.8 Å². The first kappa shape index (κ1) is 15.2.